The molecule has 8 heterocycles. The summed E-state index contributed by atoms with van der Waals surface area (Å²) >= 11 is 7.23. The van der Waals surface area contributed by atoms with Crippen molar-refractivity contribution < 1.29 is 18.9 Å². The minimum Gasteiger partial charge on any atom is -0.458 e. The van der Waals surface area contributed by atoms with Crippen LogP contribution in [0.1, 0.15) is 79.0 Å². The molecular weight excluding hydrogens is 973 g/mol. The second kappa shape index (κ2) is 14.9. The van der Waals surface area contributed by atoms with Gasteiger partial charge in [0.2, 0.25) is 0 Å². The van der Waals surface area contributed by atoms with Crippen molar-refractivity contribution in [3.63, 3.8) is 0 Å². The van der Waals surface area contributed by atoms with Crippen LogP contribution in [-0.4, -0.2) is 32.6 Å². The van der Waals surface area contributed by atoms with Crippen molar-refractivity contribution in [2.45, 2.75) is 78.6 Å². The molecule has 0 bridgehead atoms. The number of rotatable bonds is 2. The fourth-order valence-electron chi connectivity index (χ4n) is 12.4. The Morgan fingerprint density at radius 2 is 0.781 bits per heavy atom. The summed E-state index contributed by atoms with van der Waals surface area (Å²) in [6, 6.07) is 41.2. The second-order valence-electron chi connectivity index (χ2n) is 23.6. The van der Waals surface area contributed by atoms with Crippen LogP contribution in [-0.2, 0) is 16.2 Å². The van der Waals surface area contributed by atoms with E-state index in [1.54, 1.807) is 23.9 Å². The van der Waals surface area contributed by atoms with Gasteiger partial charge in [-0.15, -0.1) is 22.7 Å². The van der Waals surface area contributed by atoms with Crippen LogP contribution in [0.2, 0.25) is 0 Å². The topological polar surface area (TPSA) is 43.4 Å². The Morgan fingerprint density at radius 3 is 1.18 bits per heavy atom. The minimum atomic E-state index is -0.117. The molecule has 0 radical (unpaired) electrons. The van der Waals surface area contributed by atoms with E-state index in [1.165, 1.54) is 74.3 Å². The van der Waals surface area contributed by atoms with Gasteiger partial charge in [-0.25, -0.2) is 0 Å². The summed E-state index contributed by atoms with van der Waals surface area (Å²) < 4.78 is 38.6. The van der Waals surface area contributed by atoms with E-state index in [-0.39, 0.29) is 36.4 Å². The number of benzene rings is 7. The Balaban J connectivity index is 1.01. The Kier molecular flexibility index (Phi) is 9.13. The van der Waals surface area contributed by atoms with Gasteiger partial charge in [0.05, 0.1) is 22.7 Å². The summed E-state index contributed by atoms with van der Waals surface area (Å²) in [6.45, 7) is 20.3. The SMILES string of the molecule is CSN1c2cc3c(cc2B2c4cc5c(cc4N(SC)c4cc(C(C)(C)C)cc1c42)Oc1cc(C(C)(C)C)cc2c1B5c1sc4ccccc4c1O2)B1c2sc4ccccc4c2Oc2cc(C(C)(C)C)cc(c21)O3. The Bertz CT molecular complexity index is 3730. The smallest absolute Gasteiger partial charge is 0.273 e. The summed E-state index contributed by atoms with van der Waals surface area (Å²) in [5.74, 6) is 7.25. The van der Waals surface area contributed by atoms with Gasteiger partial charge in [0.1, 0.15) is 46.0 Å². The molecule has 2 aromatic heterocycles. The molecule has 0 fully saturated rings. The maximum Gasteiger partial charge on any atom is 0.273 e. The van der Waals surface area contributed by atoms with Crippen LogP contribution in [0.4, 0.5) is 22.7 Å². The van der Waals surface area contributed by atoms with E-state index < -0.39 is 0 Å². The van der Waals surface area contributed by atoms with E-state index in [0.29, 0.717) is 0 Å². The Labute approximate surface area is 444 Å². The van der Waals surface area contributed by atoms with E-state index in [9.17, 15) is 0 Å². The zero-order valence-corrected chi connectivity index (χ0v) is 46.1. The summed E-state index contributed by atoms with van der Waals surface area (Å²) in [6.07, 6.45) is 4.43. The van der Waals surface area contributed by atoms with Crippen molar-refractivity contribution in [3.05, 3.63) is 126 Å². The molecule has 7 aromatic carbocycles. The molecule has 0 spiro atoms. The molecular formula is C60H51B3N2O4S4. The van der Waals surface area contributed by atoms with Gasteiger partial charge in [0, 0.05) is 65.3 Å². The molecule has 6 aliphatic rings. The van der Waals surface area contributed by atoms with Gasteiger partial charge in [-0.1, -0.05) is 98.7 Å². The molecule has 0 aliphatic carbocycles. The molecule has 0 unspecified atom stereocenters. The number of anilines is 4. The third-order valence-electron chi connectivity index (χ3n) is 16.2. The average Bonchev–Trinajstić information content (AvgIpc) is 3.92. The summed E-state index contributed by atoms with van der Waals surface area (Å²) in [7, 11) is 0. The van der Waals surface area contributed by atoms with Gasteiger partial charge >= 0.3 is 0 Å². The zero-order chi connectivity index (χ0) is 49.9. The van der Waals surface area contributed by atoms with Gasteiger partial charge in [0.25, 0.3) is 20.1 Å². The number of ether oxygens (including phenoxy) is 4. The highest BCUT2D eigenvalue weighted by Crippen LogP contribution is 2.50. The highest BCUT2D eigenvalue weighted by molar-refractivity contribution is 8.00. The van der Waals surface area contributed by atoms with E-state index >= 15 is 0 Å². The van der Waals surface area contributed by atoms with Crippen LogP contribution in [0.15, 0.2) is 109 Å². The van der Waals surface area contributed by atoms with Crippen molar-refractivity contribution >= 4 is 157 Å². The first-order chi connectivity index (χ1) is 35.0. The van der Waals surface area contributed by atoms with Crippen molar-refractivity contribution in [3.8, 4) is 46.0 Å². The van der Waals surface area contributed by atoms with Crippen LogP contribution in [0.3, 0.4) is 0 Å². The molecule has 73 heavy (non-hydrogen) atoms. The van der Waals surface area contributed by atoms with Crippen molar-refractivity contribution in [1.29, 1.82) is 0 Å². The molecule has 0 saturated carbocycles. The molecule has 6 aliphatic heterocycles. The highest BCUT2D eigenvalue weighted by Gasteiger charge is 2.50. The molecule has 6 nitrogen and oxygen atoms in total. The van der Waals surface area contributed by atoms with Crippen molar-refractivity contribution in [1.82, 2.24) is 0 Å². The highest BCUT2D eigenvalue weighted by atomic mass is 32.2. The number of fused-ring (bicyclic) bond motifs is 16. The van der Waals surface area contributed by atoms with Crippen LogP contribution in [0, 0.1) is 0 Å². The predicted molar refractivity (Wildman–Crippen MR) is 318 cm³/mol. The molecule has 358 valence electrons. The normalized spacial score (nSPS) is 15.2. The first-order valence-electron chi connectivity index (χ1n) is 25.3. The van der Waals surface area contributed by atoms with Gasteiger partial charge in [-0.3, -0.25) is 8.61 Å². The number of hydrogen-bond acceptors (Lipinski definition) is 10. The fourth-order valence-corrected chi connectivity index (χ4v) is 16.4. The van der Waals surface area contributed by atoms with Crippen molar-refractivity contribution in [2.24, 2.45) is 0 Å². The summed E-state index contributed by atoms with van der Waals surface area (Å²) in [5.41, 5.74) is 16.5. The lowest BCUT2D eigenvalue weighted by Gasteiger charge is -2.45. The van der Waals surface area contributed by atoms with Gasteiger partial charge < -0.3 is 18.9 Å². The Morgan fingerprint density at radius 1 is 0.397 bits per heavy atom. The van der Waals surface area contributed by atoms with Gasteiger partial charge in [-0.2, -0.15) is 0 Å². The van der Waals surface area contributed by atoms with E-state index in [4.69, 9.17) is 18.9 Å². The molecule has 9 aromatic rings. The van der Waals surface area contributed by atoms with Crippen molar-refractivity contribution in [2.75, 3.05) is 21.1 Å². The molecule has 0 N–H and O–H groups in total. The second-order valence-corrected chi connectivity index (χ2v) is 27.2. The molecule has 0 atom stereocenters. The lowest BCUT2D eigenvalue weighted by atomic mass is 9.30. The average molecular weight is 1020 g/mol. The standard InChI is InChI=1S/C60H51B3N2O4S4/c1-58(2,3)30-20-41-51-42(21-30)65(71-11)40-29-44-38(63-53-46(67-44)23-32(60(7,8)9)25-48(53)69-55-34-17-13-15-19-50(34)73-57(55)63)27-36(40)61(51)35-26-37-43(28-39(35)64(41)70-10)66-45-22-31(59(4,5)6)24-47-52(45)62(37)56-54(68-47)33-16-12-14-18-49(33)72-56/h12-29H,1-11H3. The lowest BCUT2D eigenvalue weighted by Crippen LogP contribution is -2.65. The van der Waals surface area contributed by atoms with Crippen LogP contribution in [0.25, 0.3) is 20.2 Å². The minimum absolute atomic E-state index is 0.0784. The number of thiophene rings is 2. The fraction of sp³-hybridized carbons (Fsp3) is 0.233. The largest absolute Gasteiger partial charge is 0.458 e. The molecule has 0 amide bonds. The molecule has 15 rings (SSSR count). The molecule has 13 heteroatoms. The monoisotopic (exact) mass is 1020 g/mol. The summed E-state index contributed by atoms with van der Waals surface area (Å²) in [5, 5.41) is 2.31. The predicted octanol–water partition coefficient (Wildman–Crippen LogP) is 11.4. The van der Waals surface area contributed by atoms with Gasteiger partial charge in [0.15, 0.2) is 0 Å². The maximum absolute atomic E-state index is 7.28. The van der Waals surface area contributed by atoms with Crippen LogP contribution >= 0.6 is 46.6 Å². The first kappa shape index (κ1) is 44.6. The third-order valence-corrected chi connectivity index (χ3v) is 20.1. The van der Waals surface area contributed by atoms with E-state index in [0.717, 1.165) is 79.1 Å². The first-order valence-corrected chi connectivity index (χ1v) is 29.3. The Hall–Kier alpha value is -5.85. The van der Waals surface area contributed by atoms with E-state index in [2.05, 4.69) is 193 Å². The lowest BCUT2D eigenvalue weighted by molar-refractivity contribution is 0.461. The van der Waals surface area contributed by atoms with Crippen LogP contribution < -0.4 is 75.4 Å². The summed E-state index contributed by atoms with van der Waals surface area (Å²) in [4.78, 5) is 0. The number of nitrogens with zero attached hydrogens (tertiary/aromatic N) is 2. The zero-order valence-electron chi connectivity index (χ0n) is 42.8. The third kappa shape index (κ3) is 6.17. The maximum atomic E-state index is 7.28. The van der Waals surface area contributed by atoms with E-state index in [1.807, 2.05) is 22.7 Å². The van der Waals surface area contributed by atoms with Gasteiger partial charge in [-0.05, 0) is 145 Å². The van der Waals surface area contributed by atoms with Crippen LogP contribution in [0.5, 0.6) is 46.0 Å². The number of hydrogen-bond donors (Lipinski definition) is 0. The quantitative estimate of drug-likeness (QED) is 0.125. The molecule has 0 saturated heterocycles.